The van der Waals surface area contributed by atoms with E-state index in [0.29, 0.717) is 5.69 Å². The van der Waals surface area contributed by atoms with Crippen molar-refractivity contribution in [2.45, 2.75) is 39.7 Å². The molecule has 0 saturated carbocycles. The summed E-state index contributed by atoms with van der Waals surface area (Å²) in [5.41, 5.74) is 1.33. The third kappa shape index (κ3) is 3.68. The molecule has 1 aromatic rings. The molecule has 0 unspecified atom stereocenters. The van der Waals surface area contributed by atoms with E-state index in [4.69, 9.17) is 0 Å². The van der Waals surface area contributed by atoms with Crippen molar-refractivity contribution in [3.05, 3.63) is 11.9 Å². The van der Waals surface area contributed by atoms with Gasteiger partial charge in [-0.25, -0.2) is 13.6 Å². The predicted molar refractivity (Wildman–Crippen MR) is 65.0 cm³/mol. The van der Waals surface area contributed by atoms with E-state index in [9.17, 15) is 13.6 Å². The normalized spacial score (nSPS) is 12.6. The summed E-state index contributed by atoms with van der Waals surface area (Å²) in [6, 6.07) is -0.424. The lowest BCUT2D eigenvalue weighted by molar-refractivity contribution is 0.148. The van der Waals surface area contributed by atoms with E-state index < -0.39 is 19.0 Å². The Morgan fingerprint density at radius 1 is 1.56 bits per heavy atom. The van der Waals surface area contributed by atoms with Gasteiger partial charge in [0.05, 0.1) is 24.1 Å². The minimum atomic E-state index is -2.56. The molecule has 1 rings (SSSR count). The van der Waals surface area contributed by atoms with Crippen LogP contribution in [0.3, 0.4) is 0 Å². The summed E-state index contributed by atoms with van der Waals surface area (Å²) in [7, 11) is 0. The Morgan fingerprint density at radius 2 is 2.22 bits per heavy atom. The summed E-state index contributed by atoms with van der Waals surface area (Å²) in [4.78, 5) is 11.3. The molecule has 0 radical (unpaired) electrons. The first-order chi connectivity index (χ1) is 8.45. The van der Waals surface area contributed by atoms with Crippen molar-refractivity contribution in [1.82, 2.24) is 15.1 Å². The number of aromatic nitrogens is 2. The number of hydrogen-bond donors (Lipinski definition) is 2. The molecule has 0 aliphatic heterocycles. The Hall–Kier alpha value is -1.66. The number of amides is 2. The third-order valence-electron chi connectivity index (χ3n) is 2.72. The van der Waals surface area contributed by atoms with Gasteiger partial charge in [-0.05, 0) is 20.3 Å². The number of halogens is 2. The molecule has 0 aliphatic rings. The highest BCUT2D eigenvalue weighted by Crippen LogP contribution is 2.19. The second-order valence-corrected chi connectivity index (χ2v) is 4.07. The predicted octanol–water partition coefficient (Wildman–Crippen LogP) is 2.55. The Bertz CT molecular complexity index is 406. The summed E-state index contributed by atoms with van der Waals surface area (Å²) in [6.45, 7) is 5.21. The number of anilines is 1. The second-order valence-electron chi connectivity index (χ2n) is 4.07. The van der Waals surface area contributed by atoms with Crippen molar-refractivity contribution in [2.24, 2.45) is 0 Å². The number of carbonyl (C=O) groups is 1. The molecular weight excluding hydrogens is 242 g/mol. The first kappa shape index (κ1) is 14.4. The quantitative estimate of drug-likeness (QED) is 0.854. The molecule has 2 N–H and O–H groups in total. The number of rotatable bonds is 5. The van der Waals surface area contributed by atoms with Crippen LogP contribution in [0.5, 0.6) is 0 Å². The highest BCUT2D eigenvalue weighted by Gasteiger charge is 2.13. The lowest BCUT2D eigenvalue weighted by atomic mass is 10.2. The lowest BCUT2D eigenvalue weighted by Crippen LogP contribution is -2.32. The average molecular weight is 260 g/mol. The van der Waals surface area contributed by atoms with Gasteiger partial charge in [0, 0.05) is 6.04 Å². The zero-order valence-corrected chi connectivity index (χ0v) is 10.7. The van der Waals surface area contributed by atoms with Crippen LogP contribution >= 0.6 is 0 Å². The number of carbonyl (C=O) groups excluding carboxylic acids is 1. The summed E-state index contributed by atoms with van der Waals surface area (Å²) in [5, 5.41) is 8.73. The van der Waals surface area contributed by atoms with E-state index in [1.807, 2.05) is 20.8 Å². The van der Waals surface area contributed by atoms with Crippen LogP contribution in [0.2, 0.25) is 0 Å². The zero-order chi connectivity index (χ0) is 13.7. The van der Waals surface area contributed by atoms with Gasteiger partial charge >= 0.3 is 6.03 Å². The fourth-order valence-corrected chi connectivity index (χ4v) is 1.50. The van der Waals surface area contributed by atoms with Crippen LogP contribution in [-0.4, -0.2) is 28.8 Å². The minimum Gasteiger partial charge on any atom is -0.332 e. The monoisotopic (exact) mass is 260 g/mol. The van der Waals surface area contributed by atoms with Crippen molar-refractivity contribution >= 4 is 11.7 Å². The van der Waals surface area contributed by atoms with Gasteiger partial charge in [-0.1, -0.05) is 6.92 Å². The van der Waals surface area contributed by atoms with Crippen molar-refractivity contribution in [3.8, 4) is 0 Å². The summed E-state index contributed by atoms with van der Waals surface area (Å²) < 4.78 is 25.6. The average Bonchev–Trinajstić information content (AvgIpc) is 2.67. The van der Waals surface area contributed by atoms with Crippen molar-refractivity contribution in [1.29, 1.82) is 0 Å². The second kappa shape index (κ2) is 6.32. The van der Waals surface area contributed by atoms with E-state index in [1.54, 1.807) is 4.68 Å². The van der Waals surface area contributed by atoms with Gasteiger partial charge in [0.2, 0.25) is 0 Å². The number of nitrogens with one attached hydrogen (secondary N) is 2. The SMILES string of the molecule is CC[C@H](C)n1ncc(NC(=O)NCC(F)F)c1C. The van der Waals surface area contributed by atoms with E-state index >= 15 is 0 Å². The van der Waals surface area contributed by atoms with Gasteiger partial charge in [0.15, 0.2) is 0 Å². The van der Waals surface area contributed by atoms with Crippen LogP contribution in [-0.2, 0) is 0 Å². The molecule has 0 fully saturated rings. The van der Waals surface area contributed by atoms with E-state index in [1.165, 1.54) is 6.20 Å². The van der Waals surface area contributed by atoms with Crippen LogP contribution in [0, 0.1) is 6.92 Å². The standard InChI is InChI=1S/C11H18F2N4O/c1-4-7(2)17-8(3)9(5-15-17)16-11(18)14-6-10(12)13/h5,7,10H,4,6H2,1-3H3,(H2,14,16,18)/t7-/m0/s1. The molecule has 102 valence electrons. The smallest absolute Gasteiger partial charge is 0.319 e. The van der Waals surface area contributed by atoms with Crippen molar-refractivity contribution in [2.75, 3.05) is 11.9 Å². The fraction of sp³-hybridized carbons (Fsp3) is 0.636. The number of hydrogen-bond acceptors (Lipinski definition) is 2. The molecule has 2 amide bonds. The molecule has 18 heavy (non-hydrogen) atoms. The van der Waals surface area contributed by atoms with Crippen LogP contribution in [0.15, 0.2) is 6.20 Å². The number of nitrogens with zero attached hydrogens (tertiary/aromatic N) is 2. The van der Waals surface area contributed by atoms with E-state index in [-0.39, 0.29) is 6.04 Å². The van der Waals surface area contributed by atoms with Crippen LogP contribution in [0.25, 0.3) is 0 Å². The summed E-state index contributed by atoms with van der Waals surface area (Å²) >= 11 is 0. The topological polar surface area (TPSA) is 59.0 Å². The lowest BCUT2D eigenvalue weighted by Gasteiger charge is -2.12. The third-order valence-corrected chi connectivity index (χ3v) is 2.72. The molecular formula is C11H18F2N4O. The molecule has 0 saturated heterocycles. The maximum absolute atomic E-state index is 11.9. The molecule has 1 heterocycles. The van der Waals surface area contributed by atoms with Gasteiger partial charge in [-0.2, -0.15) is 5.10 Å². The van der Waals surface area contributed by atoms with Crippen molar-refractivity contribution < 1.29 is 13.6 Å². The fourth-order valence-electron chi connectivity index (χ4n) is 1.50. The summed E-state index contributed by atoms with van der Waals surface area (Å²) in [6.07, 6.45) is -0.122. The maximum atomic E-state index is 11.9. The molecule has 0 aromatic carbocycles. The van der Waals surface area contributed by atoms with Gasteiger partial charge in [-0.15, -0.1) is 0 Å². The maximum Gasteiger partial charge on any atom is 0.319 e. The molecule has 5 nitrogen and oxygen atoms in total. The Kier molecular flexibility index (Phi) is 5.06. The number of alkyl halides is 2. The first-order valence-electron chi connectivity index (χ1n) is 5.82. The number of urea groups is 1. The zero-order valence-electron chi connectivity index (χ0n) is 10.7. The highest BCUT2D eigenvalue weighted by atomic mass is 19.3. The van der Waals surface area contributed by atoms with Crippen molar-refractivity contribution in [3.63, 3.8) is 0 Å². The minimum absolute atomic E-state index is 0.227. The van der Waals surface area contributed by atoms with E-state index in [0.717, 1.165) is 12.1 Å². The molecule has 0 aliphatic carbocycles. The molecule has 1 atom stereocenters. The molecule has 0 spiro atoms. The van der Waals surface area contributed by atoms with Gasteiger partial charge in [0.1, 0.15) is 0 Å². The highest BCUT2D eigenvalue weighted by molar-refractivity contribution is 5.89. The van der Waals surface area contributed by atoms with Crippen LogP contribution < -0.4 is 10.6 Å². The van der Waals surface area contributed by atoms with Gasteiger partial charge in [0.25, 0.3) is 6.43 Å². The largest absolute Gasteiger partial charge is 0.332 e. The van der Waals surface area contributed by atoms with Gasteiger partial charge < -0.3 is 10.6 Å². The van der Waals surface area contributed by atoms with E-state index in [2.05, 4.69) is 15.7 Å². The Morgan fingerprint density at radius 3 is 2.78 bits per heavy atom. The Balaban J connectivity index is 2.63. The van der Waals surface area contributed by atoms with Gasteiger partial charge in [-0.3, -0.25) is 4.68 Å². The molecule has 0 bridgehead atoms. The molecule has 1 aromatic heterocycles. The molecule has 7 heteroatoms. The van der Waals surface area contributed by atoms with Crippen LogP contribution in [0.4, 0.5) is 19.3 Å². The summed E-state index contributed by atoms with van der Waals surface area (Å²) in [5.74, 6) is 0. The first-order valence-corrected chi connectivity index (χ1v) is 5.82. The van der Waals surface area contributed by atoms with Crippen LogP contribution in [0.1, 0.15) is 32.0 Å². The Labute approximate surface area is 105 Å².